The van der Waals surface area contributed by atoms with Crippen molar-refractivity contribution in [3.8, 4) is 0 Å². The van der Waals surface area contributed by atoms with Crippen molar-refractivity contribution in [3.05, 3.63) is 51.3 Å². The number of halogens is 2. The number of nitrogens with zero attached hydrogens (tertiary/aromatic N) is 2. The van der Waals surface area contributed by atoms with E-state index in [1.54, 1.807) is 4.68 Å². The van der Waals surface area contributed by atoms with Crippen molar-refractivity contribution in [2.75, 3.05) is 0 Å². The predicted octanol–water partition coefficient (Wildman–Crippen LogP) is 3.45. The highest BCUT2D eigenvalue weighted by atomic mass is 35.5. The summed E-state index contributed by atoms with van der Waals surface area (Å²) in [6.45, 7) is 3.93. The Morgan fingerprint density at radius 1 is 1.26 bits per heavy atom. The van der Waals surface area contributed by atoms with Crippen molar-refractivity contribution in [2.45, 2.75) is 25.8 Å². The zero-order chi connectivity index (χ0) is 14.2. The van der Waals surface area contributed by atoms with Crippen molar-refractivity contribution in [3.63, 3.8) is 0 Å². The zero-order valence-electron chi connectivity index (χ0n) is 11.2. The molecule has 3 nitrogen and oxygen atoms in total. The molecule has 2 aromatic rings. The first kappa shape index (κ1) is 14.4. The molecule has 2 rings (SSSR count). The summed E-state index contributed by atoms with van der Waals surface area (Å²) in [6, 6.07) is 7.59. The van der Waals surface area contributed by atoms with Gasteiger partial charge in [-0.05, 0) is 38.0 Å². The van der Waals surface area contributed by atoms with Crippen LogP contribution in [0.3, 0.4) is 0 Å². The summed E-state index contributed by atoms with van der Waals surface area (Å²) in [5.41, 5.74) is 8.85. The smallest absolute Gasteiger partial charge is 0.130 e. The first-order valence-corrected chi connectivity index (χ1v) is 6.80. The molecule has 0 aliphatic heterocycles. The van der Waals surface area contributed by atoms with Crippen LogP contribution in [0.4, 0.5) is 0 Å². The molecule has 1 aromatic heterocycles. The van der Waals surface area contributed by atoms with Gasteiger partial charge in [0.2, 0.25) is 0 Å². The van der Waals surface area contributed by atoms with Crippen LogP contribution in [0.15, 0.2) is 24.3 Å². The third-order valence-electron chi connectivity index (χ3n) is 3.32. The zero-order valence-corrected chi connectivity index (χ0v) is 12.8. The molecule has 19 heavy (non-hydrogen) atoms. The van der Waals surface area contributed by atoms with Crippen LogP contribution in [0.5, 0.6) is 0 Å². The van der Waals surface area contributed by atoms with Gasteiger partial charge in [0, 0.05) is 23.2 Å². The number of hydrogen-bond acceptors (Lipinski definition) is 2. The number of hydrogen-bond donors (Lipinski definition) is 1. The van der Waals surface area contributed by atoms with Gasteiger partial charge in [-0.1, -0.05) is 35.3 Å². The van der Waals surface area contributed by atoms with Gasteiger partial charge in [-0.15, -0.1) is 0 Å². The summed E-state index contributed by atoms with van der Waals surface area (Å²) in [6.07, 6.45) is 0.632. The first-order chi connectivity index (χ1) is 8.81. The van der Waals surface area contributed by atoms with Crippen molar-refractivity contribution >= 4 is 23.2 Å². The Morgan fingerprint density at radius 2 is 1.84 bits per heavy atom. The Bertz CT molecular complexity index is 585. The van der Waals surface area contributed by atoms with Crippen LogP contribution < -0.4 is 5.73 Å². The highest BCUT2D eigenvalue weighted by Gasteiger charge is 2.25. The fourth-order valence-corrected chi connectivity index (χ4v) is 2.54. The number of benzene rings is 1. The second kappa shape index (κ2) is 5.16. The molecule has 2 N–H and O–H groups in total. The van der Waals surface area contributed by atoms with Gasteiger partial charge >= 0.3 is 0 Å². The summed E-state index contributed by atoms with van der Waals surface area (Å²) in [4.78, 5) is 0. The summed E-state index contributed by atoms with van der Waals surface area (Å²) < 4.78 is 1.67. The van der Waals surface area contributed by atoms with Crippen LogP contribution in [0.25, 0.3) is 0 Å². The lowest BCUT2D eigenvalue weighted by atomic mass is 9.87. The molecule has 0 aliphatic carbocycles. The van der Waals surface area contributed by atoms with E-state index in [1.807, 2.05) is 45.2 Å². The number of aryl methyl sites for hydroxylation is 2. The minimum Gasteiger partial charge on any atom is -0.321 e. The van der Waals surface area contributed by atoms with Gasteiger partial charge in [0.05, 0.1) is 5.69 Å². The average Bonchev–Trinajstić information content (AvgIpc) is 2.56. The number of nitrogens with two attached hydrogens (primary N) is 1. The summed E-state index contributed by atoms with van der Waals surface area (Å²) in [5.74, 6) is 0. The van der Waals surface area contributed by atoms with Gasteiger partial charge in [-0.3, -0.25) is 4.68 Å². The molecule has 0 fully saturated rings. The lowest BCUT2D eigenvalue weighted by Gasteiger charge is -2.25. The number of aromatic nitrogens is 2. The van der Waals surface area contributed by atoms with E-state index in [0.717, 1.165) is 16.8 Å². The van der Waals surface area contributed by atoms with Crippen LogP contribution in [0, 0.1) is 6.92 Å². The topological polar surface area (TPSA) is 43.8 Å². The molecule has 0 bridgehead atoms. The second-order valence-electron chi connectivity index (χ2n) is 5.08. The molecular weight excluding hydrogens is 281 g/mol. The van der Waals surface area contributed by atoms with Crippen LogP contribution in [0.1, 0.15) is 23.7 Å². The highest BCUT2D eigenvalue weighted by Crippen LogP contribution is 2.29. The van der Waals surface area contributed by atoms with E-state index in [4.69, 9.17) is 28.9 Å². The summed E-state index contributed by atoms with van der Waals surface area (Å²) >= 11 is 12.2. The first-order valence-electron chi connectivity index (χ1n) is 6.04. The van der Waals surface area contributed by atoms with Crippen molar-refractivity contribution in [1.82, 2.24) is 9.78 Å². The Hall–Kier alpha value is -1.03. The third kappa shape index (κ3) is 2.94. The maximum atomic E-state index is 6.43. The minimum absolute atomic E-state index is 0.512. The lowest BCUT2D eigenvalue weighted by Crippen LogP contribution is -2.35. The molecule has 0 radical (unpaired) electrons. The van der Waals surface area contributed by atoms with Gasteiger partial charge in [-0.2, -0.15) is 5.10 Å². The molecule has 1 unspecified atom stereocenters. The fourth-order valence-electron chi connectivity index (χ4n) is 2.17. The molecule has 0 saturated heterocycles. The minimum atomic E-state index is -0.512. The molecule has 1 aromatic carbocycles. The maximum Gasteiger partial charge on any atom is 0.130 e. The normalized spacial score (nSPS) is 14.4. The Balaban J connectivity index is 2.33. The van der Waals surface area contributed by atoms with Crippen LogP contribution in [-0.2, 0) is 19.0 Å². The molecule has 0 aliphatic rings. The van der Waals surface area contributed by atoms with Gasteiger partial charge < -0.3 is 5.73 Å². The van der Waals surface area contributed by atoms with Gasteiger partial charge in [0.15, 0.2) is 0 Å². The van der Waals surface area contributed by atoms with Gasteiger partial charge in [-0.25, -0.2) is 0 Å². The highest BCUT2D eigenvalue weighted by molar-refractivity contribution is 6.30. The summed E-state index contributed by atoms with van der Waals surface area (Å²) in [5, 5.41) is 5.66. The van der Waals surface area contributed by atoms with Crippen LogP contribution in [0.2, 0.25) is 10.2 Å². The average molecular weight is 298 g/mol. The summed E-state index contributed by atoms with van der Waals surface area (Å²) in [7, 11) is 1.83. The molecule has 0 amide bonds. The van der Waals surface area contributed by atoms with E-state index in [0.29, 0.717) is 16.6 Å². The van der Waals surface area contributed by atoms with Crippen molar-refractivity contribution < 1.29 is 0 Å². The molecule has 5 heteroatoms. The second-order valence-corrected chi connectivity index (χ2v) is 5.87. The molecule has 0 saturated carbocycles. The van der Waals surface area contributed by atoms with E-state index in [9.17, 15) is 0 Å². The van der Waals surface area contributed by atoms with Crippen LogP contribution >= 0.6 is 23.2 Å². The fraction of sp³-hybridized carbons (Fsp3) is 0.357. The quantitative estimate of drug-likeness (QED) is 0.943. The van der Waals surface area contributed by atoms with E-state index in [2.05, 4.69) is 5.10 Å². The number of rotatable bonds is 3. The molecule has 102 valence electrons. The molecule has 1 atom stereocenters. The van der Waals surface area contributed by atoms with Crippen LogP contribution in [-0.4, -0.2) is 9.78 Å². The van der Waals surface area contributed by atoms with Crippen molar-refractivity contribution in [2.24, 2.45) is 12.8 Å². The molecular formula is C14H17Cl2N3. The maximum absolute atomic E-state index is 6.43. The van der Waals surface area contributed by atoms with Crippen molar-refractivity contribution in [1.29, 1.82) is 0 Å². The standard InChI is InChI=1S/C14H17Cl2N3/c1-9-12(13(16)19(3)18-9)8-14(2,17)10-4-6-11(15)7-5-10/h4-7H,8,17H2,1-3H3. The third-order valence-corrected chi connectivity index (χ3v) is 4.04. The predicted molar refractivity (Wildman–Crippen MR) is 79.7 cm³/mol. The molecule has 0 spiro atoms. The van der Waals surface area contributed by atoms with E-state index >= 15 is 0 Å². The lowest BCUT2D eigenvalue weighted by molar-refractivity contribution is 0.490. The Labute approximate surface area is 123 Å². The molecule has 1 heterocycles. The van der Waals surface area contributed by atoms with E-state index < -0.39 is 5.54 Å². The monoisotopic (exact) mass is 297 g/mol. The SMILES string of the molecule is Cc1nn(C)c(Cl)c1CC(C)(N)c1ccc(Cl)cc1. The Morgan fingerprint density at radius 3 is 2.32 bits per heavy atom. The van der Waals surface area contributed by atoms with Gasteiger partial charge in [0.25, 0.3) is 0 Å². The Kier molecular flexibility index (Phi) is 3.90. The van der Waals surface area contributed by atoms with E-state index in [1.165, 1.54) is 0 Å². The largest absolute Gasteiger partial charge is 0.321 e. The van der Waals surface area contributed by atoms with Gasteiger partial charge in [0.1, 0.15) is 5.15 Å². The van der Waals surface area contributed by atoms with E-state index in [-0.39, 0.29) is 0 Å².